The van der Waals surface area contributed by atoms with E-state index in [9.17, 15) is 8.76 Å². The molecule has 1 atom stereocenters. The zero-order valence-corrected chi connectivity index (χ0v) is 12.8. The maximum atomic E-state index is 10.7. The zero-order chi connectivity index (χ0) is 15.5. The van der Waals surface area contributed by atoms with E-state index in [2.05, 4.69) is 22.1 Å². The van der Waals surface area contributed by atoms with Gasteiger partial charge in [0.2, 0.25) is 0 Å². The van der Waals surface area contributed by atoms with Gasteiger partial charge in [0.1, 0.15) is 0 Å². The third kappa shape index (κ3) is 3.13. The van der Waals surface area contributed by atoms with Gasteiger partial charge in [0, 0.05) is 5.56 Å². The number of hydrogen-bond donors (Lipinski definition) is 0. The second kappa shape index (κ2) is 6.21. The van der Waals surface area contributed by atoms with Crippen molar-refractivity contribution in [2.24, 2.45) is 0 Å². The molecule has 3 rings (SSSR count). The van der Waals surface area contributed by atoms with Gasteiger partial charge in [-0.1, -0.05) is 29.8 Å². The number of pyridine rings is 1. The second-order valence-corrected chi connectivity index (χ2v) is 5.87. The van der Waals surface area contributed by atoms with Crippen molar-refractivity contribution in [1.29, 1.82) is 0 Å². The van der Waals surface area contributed by atoms with E-state index >= 15 is 0 Å². The van der Waals surface area contributed by atoms with Crippen LogP contribution >= 0.6 is 0 Å². The standard InChI is InChI=1S/C16H15N3O2S/c1-12-2-4-13(5-3-12)16-9-17-11-19(16)15-7-6-14(18-8-15)10-22(20)21/h2-9,11H,10H2,1H3,(H,20,21)/p-1. The average Bonchev–Trinajstić information content (AvgIpc) is 2.97. The van der Waals surface area contributed by atoms with Crippen LogP contribution in [0.2, 0.25) is 0 Å². The molecule has 0 radical (unpaired) electrons. The Balaban J connectivity index is 1.94. The van der Waals surface area contributed by atoms with Crippen molar-refractivity contribution in [2.45, 2.75) is 12.7 Å². The Morgan fingerprint density at radius 1 is 1.14 bits per heavy atom. The molecular weight excluding hydrogens is 298 g/mol. The maximum absolute atomic E-state index is 10.7. The van der Waals surface area contributed by atoms with Gasteiger partial charge in [-0.15, -0.1) is 0 Å². The first-order valence-corrected chi connectivity index (χ1v) is 7.98. The fourth-order valence-electron chi connectivity index (χ4n) is 2.20. The van der Waals surface area contributed by atoms with Crippen LogP contribution in [0, 0.1) is 6.92 Å². The number of nitrogens with zero attached hydrogens (tertiary/aromatic N) is 3. The molecule has 3 aromatic rings. The molecule has 0 saturated heterocycles. The van der Waals surface area contributed by atoms with Crippen molar-refractivity contribution in [3.05, 3.63) is 66.4 Å². The highest BCUT2D eigenvalue weighted by atomic mass is 32.2. The number of aromatic nitrogens is 3. The Bertz CT molecular complexity index is 795. The molecule has 0 N–H and O–H groups in total. The minimum absolute atomic E-state index is 0.0744. The molecule has 5 nitrogen and oxygen atoms in total. The molecule has 1 aromatic carbocycles. The molecule has 0 aliphatic rings. The van der Waals surface area contributed by atoms with Gasteiger partial charge in [-0.05, 0) is 30.1 Å². The summed E-state index contributed by atoms with van der Waals surface area (Å²) in [4.78, 5) is 8.39. The molecule has 0 fully saturated rings. The van der Waals surface area contributed by atoms with E-state index in [0.717, 1.165) is 16.9 Å². The quantitative estimate of drug-likeness (QED) is 0.694. The summed E-state index contributed by atoms with van der Waals surface area (Å²) < 4.78 is 23.3. The number of hydrogen-bond acceptors (Lipinski definition) is 4. The van der Waals surface area contributed by atoms with Gasteiger partial charge in [0.05, 0.1) is 41.5 Å². The first kappa shape index (κ1) is 14.6. The van der Waals surface area contributed by atoms with Crippen LogP contribution in [0.3, 0.4) is 0 Å². The largest absolute Gasteiger partial charge is 0.772 e. The van der Waals surface area contributed by atoms with Crippen LogP contribution in [0.4, 0.5) is 0 Å². The number of imidazole rings is 1. The maximum Gasteiger partial charge on any atom is 0.0997 e. The third-order valence-corrected chi connectivity index (χ3v) is 3.87. The zero-order valence-electron chi connectivity index (χ0n) is 12.0. The molecule has 22 heavy (non-hydrogen) atoms. The normalized spacial score (nSPS) is 12.3. The van der Waals surface area contributed by atoms with Gasteiger partial charge >= 0.3 is 0 Å². The summed E-state index contributed by atoms with van der Waals surface area (Å²) in [5.74, 6) is -0.0744. The summed E-state index contributed by atoms with van der Waals surface area (Å²) in [6.07, 6.45) is 5.17. The highest BCUT2D eigenvalue weighted by molar-refractivity contribution is 7.78. The van der Waals surface area contributed by atoms with E-state index in [1.807, 2.05) is 29.7 Å². The van der Waals surface area contributed by atoms with E-state index in [1.54, 1.807) is 24.8 Å². The van der Waals surface area contributed by atoms with E-state index < -0.39 is 11.1 Å². The van der Waals surface area contributed by atoms with Crippen LogP contribution in [0.15, 0.2) is 55.1 Å². The third-order valence-electron chi connectivity index (χ3n) is 3.34. The number of benzene rings is 1. The van der Waals surface area contributed by atoms with E-state index in [4.69, 9.17) is 0 Å². The van der Waals surface area contributed by atoms with E-state index in [0.29, 0.717) is 5.69 Å². The molecule has 2 heterocycles. The molecule has 0 bridgehead atoms. The molecule has 0 saturated carbocycles. The SMILES string of the molecule is Cc1ccc(-c2cncn2-c2ccc(CS(=O)[O-])nc2)cc1. The first-order valence-electron chi connectivity index (χ1n) is 6.74. The Morgan fingerprint density at radius 3 is 2.55 bits per heavy atom. The molecule has 1 unspecified atom stereocenters. The van der Waals surface area contributed by atoms with Gasteiger partial charge in [0.25, 0.3) is 0 Å². The average molecular weight is 312 g/mol. The van der Waals surface area contributed by atoms with Crippen LogP contribution in [0.25, 0.3) is 16.9 Å². The van der Waals surface area contributed by atoms with Crippen LogP contribution in [-0.4, -0.2) is 23.3 Å². The van der Waals surface area contributed by atoms with Crippen molar-refractivity contribution >= 4 is 11.1 Å². The smallest absolute Gasteiger partial charge is 0.0997 e. The Hall–Kier alpha value is -2.31. The predicted molar refractivity (Wildman–Crippen MR) is 84.2 cm³/mol. The van der Waals surface area contributed by atoms with Crippen LogP contribution in [0.1, 0.15) is 11.3 Å². The topological polar surface area (TPSA) is 70.8 Å². The molecule has 0 amide bonds. The van der Waals surface area contributed by atoms with Crippen molar-refractivity contribution < 1.29 is 8.76 Å². The lowest BCUT2D eigenvalue weighted by Gasteiger charge is -2.10. The highest BCUT2D eigenvalue weighted by Crippen LogP contribution is 2.22. The predicted octanol–water partition coefficient (Wildman–Crippen LogP) is 2.62. The van der Waals surface area contributed by atoms with E-state index in [-0.39, 0.29) is 5.75 Å². The number of aryl methyl sites for hydroxylation is 1. The Morgan fingerprint density at radius 2 is 1.91 bits per heavy atom. The Labute approximate surface area is 131 Å². The fourth-order valence-corrected chi connectivity index (χ4v) is 2.62. The fraction of sp³-hybridized carbons (Fsp3) is 0.125. The van der Waals surface area contributed by atoms with Gasteiger partial charge < -0.3 is 4.55 Å². The van der Waals surface area contributed by atoms with E-state index in [1.165, 1.54) is 5.56 Å². The van der Waals surface area contributed by atoms with Crippen molar-refractivity contribution in [3.8, 4) is 16.9 Å². The van der Waals surface area contributed by atoms with Gasteiger partial charge in [0.15, 0.2) is 0 Å². The van der Waals surface area contributed by atoms with Crippen LogP contribution in [0.5, 0.6) is 0 Å². The molecule has 6 heteroatoms. The first-order chi connectivity index (χ1) is 10.6. The molecule has 0 aliphatic carbocycles. The lowest BCUT2D eigenvalue weighted by atomic mass is 10.1. The minimum Gasteiger partial charge on any atom is -0.772 e. The van der Waals surface area contributed by atoms with Gasteiger partial charge in [-0.2, -0.15) is 0 Å². The summed E-state index contributed by atoms with van der Waals surface area (Å²) in [6, 6.07) is 11.8. The van der Waals surface area contributed by atoms with Gasteiger partial charge in [-0.3, -0.25) is 13.8 Å². The molecule has 0 aliphatic heterocycles. The molecular formula is C16H14N3O2S-. The summed E-state index contributed by atoms with van der Waals surface area (Å²) >= 11 is -2.13. The van der Waals surface area contributed by atoms with Crippen LogP contribution < -0.4 is 0 Å². The number of rotatable bonds is 4. The molecule has 2 aromatic heterocycles. The van der Waals surface area contributed by atoms with Crippen molar-refractivity contribution in [3.63, 3.8) is 0 Å². The Kier molecular flexibility index (Phi) is 4.13. The molecule has 0 spiro atoms. The monoisotopic (exact) mass is 312 g/mol. The lowest BCUT2D eigenvalue weighted by molar-refractivity contribution is 0.535. The summed E-state index contributed by atoms with van der Waals surface area (Å²) in [5, 5.41) is 0. The molecule has 112 valence electrons. The van der Waals surface area contributed by atoms with Gasteiger partial charge in [-0.25, -0.2) is 4.98 Å². The lowest BCUT2D eigenvalue weighted by Crippen LogP contribution is -2.00. The minimum atomic E-state index is -2.13. The highest BCUT2D eigenvalue weighted by Gasteiger charge is 2.07. The summed E-state index contributed by atoms with van der Waals surface area (Å²) in [7, 11) is 0. The van der Waals surface area contributed by atoms with Crippen LogP contribution in [-0.2, 0) is 16.8 Å². The second-order valence-electron chi connectivity index (χ2n) is 4.97. The summed E-state index contributed by atoms with van der Waals surface area (Å²) in [6.45, 7) is 2.05. The summed E-state index contributed by atoms with van der Waals surface area (Å²) in [5.41, 5.74) is 4.59. The van der Waals surface area contributed by atoms with Crippen molar-refractivity contribution in [2.75, 3.05) is 0 Å². The van der Waals surface area contributed by atoms with Crippen molar-refractivity contribution in [1.82, 2.24) is 14.5 Å².